The molecule has 1 aromatic carbocycles. The van der Waals surface area contributed by atoms with Crippen molar-refractivity contribution >= 4 is 27.5 Å². The van der Waals surface area contributed by atoms with Gasteiger partial charge in [0.15, 0.2) is 10.9 Å². The SMILES string of the molecule is CC(C(=O)OC1CCCCC1)n1nnc2sc(-c3ccccc3)cc2c1=O. The first-order valence-corrected chi connectivity index (χ1v) is 10.1. The van der Waals surface area contributed by atoms with E-state index >= 15 is 0 Å². The Kier molecular flexibility index (Phi) is 5.03. The van der Waals surface area contributed by atoms with E-state index in [0.717, 1.165) is 40.8 Å². The Bertz CT molecular complexity index is 1010. The number of hydrogen-bond acceptors (Lipinski definition) is 6. The van der Waals surface area contributed by atoms with Crippen molar-refractivity contribution < 1.29 is 9.53 Å². The molecule has 2 heterocycles. The Labute approximate surface area is 160 Å². The van der Waals surface area contributed by atoms with Crippen LogP contribution in [-0.4, -0.2) is 27.1 Å². The zero-order valence-electron chi connectivity index (χ0n) is 15.1. The van der Waals surface area contributed by atoms with Crippen molar-refractivity contribution in [2.24, 2.45) is 0 Å². The van der Waals surface area contributed by atoms with Gasteiger partial charge in [0.25, 0.3) is 5.56 Å². The summed E-state index contributed by atoms with van der Waals surface area (Å²) in [4.78, 5) is 26.9. The number of carbonyl (C=O) groups excluding carboxylic acids is 1. The van der Waals surface area contributed by atoms with E-state index in [0.29, 0.717) is 10.2 Å². The average Bonchev–Trinajstić information content (AvgIpc) is 3.14. The molecule has 0 amide bonds. The van der Waals surface area contributed by atoms with Gasteiger partial charge < -0.3 is 4.74 Å². The predicted octanol–water partition coefficient (Wildman–Crippen LogP) is 3.96. The Morgan fingerprint density at radius 2 is 1.96 bits per heavy atom. The molecular weight excluding hydrogens is 362 g/mol. The van der Waals surface area contributed by atoms with Crippen molar-refractivity contribution in [1.82, 2.24) is 15.0 Å². The van der Waals surface area contributed by atoms with E-state index in [4.69, 9.17) is 4.74 Å². The Morgan fingerprint density at radius 1 is 1.22 bits per heavy atom. The minimum Gasteiger partial charge on any atom is -0.461 e. The first-order valence-electron chi connectivity index (χ1n) is 9.28. The van der Waals surface area contributed by atoms with Crippen LogP contribution in [0.1, 0.15) is 45.1 Å². The lowest BCUT2D eigenvalue weighted by molar-refractivity contribution is -0.154. The van der Waals surface area contributed by atoms with Crippen LogP contribution in [0.5, 0.6) is 0 Å². The van der Waals surface area contributed by atoms with Gasteiger partial charge in [-0.2, -0.15) is 4.68 Å². The fraction of sp³-hybridized carbons (Fsp3) is 0.400. The van der Waals surface area contributed by atoms with Gasteiger partial charge in [-0.3, -0.25) is 4.79 Å². The summed E-state index contributed by atoms with van der Waals surface area (Å²) < 4.78 is 6.72. The molecule has 4 rings (SSSR count). The molecule has 1 aliphatic rings. The lowest BCUT2D eigenvalue weighted by Gasteiger charge is -2.23. The van der Waals surface area contributed by atoms with Crippen molar-refractivity contribution in [2.45, 2.75) is 51.2 Å². The fourth-order valence-corrected chi connectivity index (χ4v) is 4.38. The molecule has 3 aromatic rings. The first kappa shape index (κ1) is 17.9. The Morgan fingerprint density at radius 3 is 2.70 bits per heavy atom. The third-order valence-corrected chi connectivity index (χ3v) is 6.05. The van der Waals surface area contributed by atoms with Crippen molar-refractivity contribution in [2.75, 3.05) is 0 Å². The molecule has 1 unspecified atom stereocenters. The van der Waals surface area contributed by atoms with Crippen LogP contribution in [0.4, 0.5) is 0 Å². The normalized spacial score (nSPS) is 16.3. The molecule has 140 valence electrons. The monoisotopic (exact) mass is 383 g/mol. The molecular formula is C20H21N3O3S. The van der Waals surface area contributed by atoms with Crippen LogP contribution in [-0.2, 0) is 9.53 Å². The maximum atomic E-state index is 12.9. The standard InChI is InChI=1S/C20H21N3O3S/c1-13(20(25)26-15-10-6-3-7-11-15)23-19(24)16-12-17(27-18(16)21-22-23)14-8-4-2-5-9-14/h2,4-5,8-9,12-13,15H,3,6-7,10-11H2,1H3. The van der Waals surface area contributed by atoms with Gasteiger partial charge in [-0.15, -0.1) is 16.4 Å². The number of thiophene rings is 1. The summed E-state index contributed by atoms with van der Waals surface area (Å²) in [5.74, 6) is -0.420. The van der Waals surface area contributed by atoms with Gasteiger partial charge in [-0.25, -0.2) is 4.79 Å². The maximum absolute atomic E-state index is 12.9. The summed E-state index contributed by atoms with van der Waals surface area (Å²) in [7, 11) is 0. The second kappa shape index (κ2) is 7.60. The van der Waals surface area contributed by atoms with Crippen LogP contribution in [0.15, 0.2) is 41.2 Å². The van der Waals surface area contributed by atoms with Crippen LogP contribution in [0.2, 0.25) is 0 Å². The van der Waals surface area contributed by atoms with E-state index in [9.17, 15) is 9.59 Å². The smallest absolute Gasteiger partial charge is 0.331 e. The summed E-state index contributed by atoms with van der Waals surface area (Å²) in [5, 5.41) is 8.63. The third-order valence-electron chi connectivity index (χ3n) is 4.98. The van der Waals surface area contributed by atoms with Crippen LogP contribution in [0.25, 0.3) is 20.7 Å². The summed E-state index contributed by atoms with van der Waals surface area (Å²) in [5.41, 5.74) is 0.711. The number of carbonyl (C=O) groups is 1. The summed E-state index contributed by atoms with van der Waals surface area (Å²) in [6.07, 6.45) is 5.08. The van der Waals surface area contributed by atoms with Gasteiger partial charge in [0.2, 0.25) is 0 Å². The molecule has 27 heavy (non-hydrogen) atoms. The molecule has 1 fully saturated rings. The number of benzene rings is 1. The minimum absolute atomic E-state index is 0.0491. The highest BCUT2D eigenvalue weighted by atomic mass is 32.1. The lowest BCUT2D eigenvalue weighted by atomic mass is 9.98. The molecule has 1 aliphatic carbocycles. The van der Waals surface area contributed by atoms with Gasteiger partial charge in [0.1, 0.15) is 6.10 Å². The van der Waals surface area contributed by atoms with Gasteiger partial charge in [-0.05, 0) is 44.2 Å². The van der Waals surface area contributed by atoms with Crippen molar-refractivity contribution in [3.8, 4) is 10.4 Å². The quantitative estimate of drug-likeness (QED) is 0.638. The van der Waals surface area contributed by atoms with E-state index in [1.54, 1.807) is 6.92 Å². The average molecular weight is 383 g/mol. The molecule has 0 radical (unpaired) electrons. The lowest BCUT2D eigenvalue weighted by Crippen LogP contribution is -2.34. The van der Waals surface area contributed by atoms with Gasteiger partial charge >= 0.3 is 5.97 Å². The highest BCUT2D eigenvalue weighted by molar-refractivity contribution is 7.21. The predicted molar refractivity (Wildman–Crippen MR) is 105 cm³/mol. The second-order valence-electron chi connectivity index (χ2n) is 6.91. The molecule has 0 N–H and O–H groups in total. The molecule has 1 atom stereocenters. The molecule has 0 aliphatic heterocycles. The van der Waals surface area contributed by atoms with Crippen LogP contribution >= 0.6 is 11.3 Å². The van der Waals surface area contributed by atoms with Crippen LogP contribution in [0, 0.1) is 0 Å². The molecule has 6 nitrogen and oxygen atoms in total. The number of ether oxygens (including phenoxy) is 1. The van der Waals surface area contributed by atoms with Crippen molar-refractivity contribution in [3.05, 3.63) is 46.8 Å². The van der Waals surface area contributed by atoms with Crippen molar-refractivity contribution in [1.29, 1.82) is 0 Å². The minimum atomic E-state index is -0.795. The number of fused-ring (bicyclic) bond motifs is 1. The molecule has 7 heteroatoms. The summed E-state index contributed by atoms with van der Waals surface area (Å²) >= 11 is 1.42. The van der Waals surface area contributed by atoms with E-state index in [1.807, 2.05) is 36.4 Å². The number of aromatic nitrogens is 3. The number of rotatable bonds is 4. The number of nitrogens with zero attached hydrogens (tertiary/aromatic N) is 3. The Balaban J connectivity index is 1.61. The van der Waals surface area contributed by atoms with Gasteiger partial charge in [-0.1, -0.05) is 42.0 Å². The molecule has 0 saturated heterocycles. The third kappa shape index (κ3) is 3.64. The Hall–Kier alpha value is -2.54. The van der Waals surface area contributed by atoms with Gasteiger partial charge in [0, 0.05) is 4.88 Å². The first-order chi connectivity index (χ1) is 13.1. The fourth-order valence-electron chi connectivity index (χ4n) is 3.41. The number of esters is 1. The zero-order chi connectivity index (χ0) is 18.8. The zero-order valence-corrected chi connectivity index (χ0v) is 15.9. The highest BCUT2D eigenvalue weighted by Gasteiger charge is 2.25. The second-order valence-corrected chi connectivity index (χ2v) is 7.94. The van der Waals surface area contributed by atoms with E-state index in [1.165, 1.54) is 17.8 Å². The maximum Gasteiger partial charge on any atom is 0.331 e. The van der Waals surface area contributed by atoms with E-state index in [-0.39, 0.29) is 11.7 Å². The summed E-state index contributed by atoms with van der Waals surface area (Å²) in [6, 6.07) is 10.9. The topological polar surface area (TPSA) is 74.1 Å². The molecule has 1 saturated carbocycles. The molecule has 0 spiro atoms. The van der Waals surface area contributed by atoms with E-state index < -0.39 is 12.0 Å². The molecule has 0 bridgehead atoms. The summed E-state index contributed by atoms with van der Waals surface area (Å²) in [6.45, 7) is 1.64. The number of hydrogen-bond donors (Lipinski definition) is 0. The van der Waals surface area contributed by atoms with Crippen molar-refractivity contribution in [3.63, 3.8) is 0 Å². The highest BCUT2D eigenvalue weighted by Crippen LogP contribution is 2.30. The van der Waals surface area contributed by atoms with E-state index in [2.05, 4.69) is 10.3 Å². The van der Waals surface area contributed by atoms with Crippen LogP contribution < -0.4 is 5.56 Å². The largest absolute Gasteiger partial charge is 0.461 e. The molecule has 2 aromatic heterocycles. The van der Waals surface area contributed by atoms with Crippen LogP contribution in [0.3, 0.4) is 0 Å². The van der Waals surface area contributed by atoms with Gasteiger partial charge in [0.05, 0.1) is 5.39 Å².